The summed E-state index contributed by atoms with van der Waals surface area (Å²) in [4.78, 5) is 0. The van der Waals surface area contributed by atoms with Gasteiger partial charge in [0.2, 0.25) is 0 Å². The van der Waals surface area contributed by atoms with Crippen LogP contribution in [0.1, 0.15) is 6.92 Å². The van der Waals surface area contributed by atoms with E-state index in [1.807, 2.05) is 6.92 Å². The molecule has 7 heavy (non-hydrogen) atoms. The van der Waals surface area contributed by atoms with Crippen molar-refractivity contribution >= 4 is 0 Å². The highest BCUT2D eigenvalue weighted by Crippen LogP contribution is 1.60. The Kier molecular flexibility index (Phi) is 3.39. The van der Waals surface area contributed by atoms with E-state index in [0.29, 0.717) is 6.54 Å². The van der Waals surface area contributed by atoms with E-state index in [1.54, 1.807) is 0 Å². The molecule has 0 saturated heterocycles. The zero-order valence-electron chi connectivity index (χ0n) is 4.44. The van der Waals surface area contributed by atoms with Crippen molar-refractivity contribution in [3.63, 3.8) is 0 Å². The van der Waals surface area contributed by atoms with Crippen LogP contribution in [-0.4, -0.2) is 12.7 Å². The molecule has 0 amide bonds. The second kappa shape index (κ2) is 3.66. The third-order valence-corrected chi connectivity index (χ3v) is 0.526. The zero-order valence-corrected chi connectivity index (χ0v) is 4.44. The molecular weight excluding hydrogens is 88.1 g/mol. The van der Waals surface area contributed by atoms with Gasteiger partial charge >= 0.3 is 0 Å². The summed E-state index contributed by atoms with van der Waals surface area (Å²) in [6.07, 6.45) is 4.92. The first-order valence-electron chi connectivity index (χ1n) is 2.20. The third kappa shape index (κ3) is 5.48. The Labute approximate surface area is 44.1 Å². The smallest absolute Gasteiger partial charge is 0.0585 e. The second-order valence-electron chi connectivity index (χ2n) is 1.37. The number of hydrogen-bond acceptors (Lipinski definition) is 2. The minimum absolute atomic E-state index is 0.0102. The lowest BCUT2D eigenvalue weighted by Gasteiger charge is -2.00. The maximum absolute atomic E-state index is 5.27. The summed E-state index contributed by atoms with van der Waals surface area (Å²) in [5.41, 5.74) is 5.27. The summed E-state index contributed by atoms with van der Waals surface area (Å²) in [6.45, 7) is 2.40. The van der Waals surface area contributed by atoms with Gasteiger partial charge < -0.3 is 5.73 Å². The lowest BCUT2D eigenvalue weighted by Crippen LogP contribution is -2.34. The summed E-state index contributed by atoms with van der Waals surface area (Å²) in [5.74, 6) is 2.41. The molecule has 0 aliphatic heterocycles. The fraction of sp³-hybridized carbons (Fsp3) is 0.600. The standard InChI is InChI=1S/C5H10N2/c1-3-4-7-5(2)6/h1,5,7H,4,6H2,2H3. The molecule has 0 aliphatic rings. The average Bonchev–Trinajstić information content (AvgIpc) is 1.61. The van der Waals surface area contributed by atoms with Crippen LogP contribution in [0.3, 0.4) is 0 Å². The van der Waals surface area contributed by atoms with E-state index in [0.717, 1.165) is 0 Å². The third-order valence-electron chi connectivity index (χ3n) is 0.526. The normalized spacial score (nSPS) is 12.7. The van der Waals surface area contributed by atoms with E-state index in [4.69, 9.17) is 12.2 Å². The number of terminal acetylenes is 1. The maximum Gasteiger partial charge on any atom is 0.0585 e. The van der Waals surface area contributed by atoms with Crippen LogP contribution in [0.4, 0.5) is 0 Å². The highest BCUT2D eigenvalue weighted by molar-refractivity contribution is 4.86. The largest absolute Gasteiger partial charge is 0.316 e. The molecule has 0 radical (unpaired) electrons. The first kappa shape index (κ1) is 6.48. The van der Waals surface area contributed by atoms with Crippen molar-refractivity contribution in [2.45, 2.75) is 13.1 Å². The van der Waals surface area contributed by atoms with Crippen molar-refractivity contribution in [1.82, 2.24) is 5.32 Å². The Morgan fingerprint density at radius 3 is 2.71 bits per heavy atom. The molecule has 0 spiro atoms. The SMILES string of the molecule is C#CCNC(C)N. The molecule has 1 atom stereocenters. The molecule has 1 unspecified atom stereocenters. The molecule has 3 N–H and O–H groups in total. The van der Waals surface area contributed by atoms with Crippen LogP contribution in [-0.2, 0) is 0 Å². The molecule has 0 aromatic carbocycles. The van der Waals surface area contributed by atoms with Gasteiger partial charge in [-0.25, -0.2) is 0 Å². The monoisotopic (exact) mass is 98.1 g/mol. The first-order valence-corrected chi connectivity index (χ1v) is 2.20. The van der Waals surface area contributed by atoms with Gasteiger partial charge in [0.05, 0.1) is 12.7 Å². The predicted octanol–water partition coefficient (Wildman–Crippen LogP) is -0.486. The van der Waals surface area contributed by atoms with Gasteiger partial charge in [0.1, 0.15) is 0 Å². The van der Waals surface area contributed by atoms with E-state index < -0.39 is 0 Å². The Balaban J connectivity index is 2.86. The molecule has 0 fully saturated rings. The predicted molar refractivity (Wildman–Crippen MR) is 30.5 cm³/mol. The number of nitrogens with one attached hydrogen (secondary N) is 1. The number of hydrogen-bond donors (Lipinski definition) is 2. The van der Waals surface area contributed by atoms with Crippen LogP contribution in [0.2, 0.25) is 0 Å². The fourth-order valence-electron chi connectivity index (χ4n) is 0.220. The molecule has 0 aliphatic carbocycles. The highest BCUT2D eigenvalue weighted by atomic mass is 15.0. The van der Waals surface area contributed by atoms with Gasteiger partial charge in [0.25, 0.3) is 0 Å². The second-order valence-corrected chi connectivity index (χ2v) is 1.37. The lowest BCUT2D eigenvalue weighted by atomic mass is 10.5. The van der Waals surface area contributed by atoms with Crippen molar-refractivity contribution < 1.29 is 0 Å². The minimum Gasteiger partial charge on any atom is -0.316 e. The lowest BCUT2D eigenvalue weighted by molar-refractivity contribution is 0.612. The van der Waals surface area contributed by atoms with Gasteiger partial charge in [-0.15, -0.1) is 6.42 Å². The van der Waals surface area contributed by atoms with Crippen LogP contribution >= 0.6 is 0 Å². The van der Waals surface area contributed by atoms with Gasteiger partial charge in [-0.3, -0.25) is 5.32 Å². The zero-order chi connectivity index (χ0) is 5.70. The van der Waals surface area contributed by atoms with Crippen molar-refractivity contribution in [2.24, 2.45) is 5.73 Å². The Morgan fingerprint density at radius 2 is 2.57 bits per heavy atom. The van der Waals surface area contributed by atoms with Gasteiger partial charge in [0, 0.05) is 0 Å². The van der Waals surface area contributed by atoms with E-state index >= 15 is 0 Å². The van der Waals surface area contributed by atoms with Crippen molar-refractivity contribution in [1.29, 1.82) is 0 Å². The number of rotatable bonds is 2. The number of nitrogens with two attached hydrogens (primary N) is 1. The van der Waals surface area contributed by atoms with Gasteiger partial charge in [-0.1, -0.05) is 5.92 Å². The maximum atomic E-state index is 5.27. The average molecular weight is 98.1 g/mol. The topological polar surface area (TPSA) is 38.0 Å². The van der Waals surface area contributed by atoms with Crippen molar-refractivity contribution in [3.8, 4) is 12.3 Å². The first-order chi connectivity index (χ1) is 3.27. The van der Waals surface area contributed by atoms with Crippen molar-refractivity contribution in [2.75, 3.05) is 6.54 Å². The van der Waals surface area contributed by atoms with Crippen LogP contribution in [0.15, 0.2) is 0 Å². The van der Waals surface area contributed by atoms with Crippen LogP contribution in [0.5, 0.6) is 0 Å². The van der Waals surface area contributed by atoms with E-state index in [2.05, 4.69) is 11.2 Å². The molecule has 0 saturated carbocycles. The molecule has 0 bridgehead atoms. The van der Waals surface area contributed by atoms with E-state index in [1.165, 1.54) is 0 Å². The summed E-state index contributed by atoms with van der Waals surface area (Å²) in [5, 5.41) is 2.84. The molecular formula is C5H10N2. The van der Waals surface area contributed by atoms with Crippen LogP contribution in [0.25, 0.3) is 0 Å². The molecule has 2 nitrogen and oxygen atoms in total. The Hall–Kier alpha value is -0.520. The summed E-state index contributed by atoms with van der Waals surface area (Å²) in [7, 11) is 0. The molecule has 2 heteroatoms. The summed E-state index contributed by atoms with van der Waals surface area (Å²) in [6, 6.07) is 0. The summed E-state index contributed by atoms with van der Waals surface area (Å²) < 4.78 is 0. The molecule has 0 heterocycles. The minimum atomic E-state index is 0.0102. The van der Waals surface area contributed by atoms with Crippen LogP contribution in [0, 0.1) is 12.3 Å². The molecule has 0 rings (SSSR count). The van der Waals surface area contributed by atoms with Gasteiger partial charge in [-0.05, 0) is 6.92 Å². The quantitative estimate of drug-likeness (QED) is 0.361. The molecule has 0 aromatic heterocycles. The van der Waals surface area contributed by atoms with Crippen molar-refractivity contribution in [3.05, 3.63) is 0 Å². The van der Waals surface area contributed by atoms with Crippen LogP contribution < -0.4 is 11.1 Å². The molecule has 40 valence electrons. The van der Waals surface area contributed by atoms with E-state index in [9.17, 15) is 0 Å². The fourth-order valence-corrected chi connectivity index (χ4v) is 0.220. The van der Waals surface area contributed by atoms with Gasteiger partial charge in [-0.2, -0.15) is 0 Å². The Morgan fingerprint density at radius 1 is 2.00 bits per heavy atom. The Bertz CT molecular complexity index is 70.6. The molecule has 0 aromatic rings. The van der Waals surface area contributed by atoms with E-state index in [-0.39, 0.29) is 6.17 Å². The van der Waals surface area contributed by atoms with Gasteiger partial charge in [0.15, 0.2) is 0 Å². The summed E-state index contributed by atoms with van der Waals surface area (Å²) >= 11 is 0. The highest BCUT2D eigenvalue weighted by Gasteiger charge is 1.83.